The van der Waals surface area contributed by atoms with E-state index in [-0.39, 0.29) is 61.0 Å². The molecule has 0 aliphatic carbocycles. The number of amides is 3. The van der Waals surface area contributed by atoms with Crippen molar-refractivity contribution < 1.29 is 28.6 Å². The van der Waals surface area contributed by atoms with Gasteiger partial charge in [-0.25, -0.2) is 4.68 Å². The van der Waals surface area contributed by atoms with Gasteiger partial charge in [-0.05, 0) is 49.3 Å². The Balaban J connectivity index is 1.56. The molecule has 3 heterocycles. The van der Waals surface area contributed by atoms with E-state index in [9.17, 15) is 14.4 Å². The molecule has 3 amide bonds. The molecule has 1 aromatic heterocycles. The number of carbonyl (C=O) groups excluding carboxylic acids is 3. The van der Waals surface area contributed by atoms with Crippen molar-refractivity contribution in [3.05, 3.63) is 29.1 Å². The Morgan fingerprint density at radius 2 is 1.76 bits per heavy atom. The predicted octanol–water partition coefficient (Wildman–Crippen LogP) is 1.02. The van der Waals surface area contributed by atoms with E-state index >= 15 is 0 Å². The first-order valence-corrected chi connectivity index (χ1v) is 12.9. The number of carbonyl (C=O) groups is 3. The fraction of sp³-hybridized carbons (Fsp3) is 0.577. The Labute approximate surface area is 222 Å². The van der Waals surface area contributed by atoms with Gasteiger partial charge in [0.15, 0.2) is 11.5 Å². The second-order valence-corrected chi connectivity index (χ2v) is 9.60. The van der Waals surface area contributed by atoms with Crippen LogP contribution in [0.5, 0.6) is 17.5 Å². The van der Waals surface area contributed by atoms with Crippen LogP contribution in [0.4, 0.5) is 0 Å². The maximum atomic E-state index is 13.5. The van der Waals surface area contributed by atoms with Gasteiger partial charge in [-0.3, -0.25) is 14.4 Å². The Morgan fingerprint density at radius 3 is 2.47 bits per heavy atom. The van der Waals surface area contributed by atoms with E-state index in [1.54, 1.807) is 26.2 Å². The van der Waals surface area contributed by atoms with Crippen LogP contribution in [-0.2, 0) is 29.5 Å². The monoisotopic (exact) mass is 528 g/mol. The van der Waals surface area contributed by atoms with E-state index in [0.29, 0.717) is 50.1 Å². The molecule has 2 atom stereocenters. The van der Waals surface area contributed by atoms with Gasteiger partial charge in [0.05, 0.1) is 21.3 Å². The van der Waals surface area contributed by atoms with Crippen molar-refractivity contribution in [1.82, 2.24) is 30.3 Å². The summed E-state index contributed by atoms with van der Waals surface area (Å²) in [6.45, 7) is 0.765. The highest BCUT2D eigenvalue weighted by atomic mass is 16.5. The van der Waals surface area contributed by atoms with E-state index in [1.165, 1.54) is 11.8 Å². The zero-order valence-corrected chi connectivity index (χ0v) is 22.4. The number of hydrogen-bond acceptors (Lipinski definition) is 8. The molecule has 0 radical (unpaired) electrons. The molecule has 1 saturated heterocycles. The SMILES string of the molecule is COc1cc2cc(c1OC)CCCNC(=O)C[C@@H]1CC[C@H](CNC(=O)CC2)N1C(=O)c1nc(OC)n(C)n1. The topological polar surface area (TPSA) is 137 Å². The number of nitrogens with one attached hydrogen (secondary N) is 2. The first-order chi connectivity index (χ1) is 18.3. The van der Waals surface area contributed by atoms with Crippen molar-refractivity contribution in [2.45, 2.75) is 57.0 Å². The number of methoxy groups -OCH3 is 3. The number of aromatic nitrogens is 3. The molecule has 12 nitrogen and oxygen atoms in total. The number of ether oxygens (including phenoxy) is 3. The van der Waals surface area contributed by atoms with Crippen molar-refractivity contribution in [3.8, 4) is 17.5 Å². The number of benzene rings is 1. The van der Waals surface area contributed by atoms with Crippen molar-refractivity contribution in [2.75, 3.05) is 34.4 Å². The van der Waals surface area contributed by atoms with E-state index < -0.39 is 0 Å². The first-order valence-electron chi connectivity index (χ1n) is 12.9. The zero-order chi connectivity index (χ0) is 27.2. The minimum absolute atomic E-state index is 0.000968. The second-order valence-electron chi connectivity index (χ2n) is 9.60. The van der Waals surface area contributed by atoms with Crippen molar-refractivity contribution in [1.29, 1.82) is 0 Å². The van der Waals surface area contributed by atoms with E-state index in [1.807, 2.05) is 12.1 Å². The van der Waals surface area contributed by atoms with Gasteiger partial charge in [0.2, 0.25) is 17.6 Å². The second kappa shape index (κ2) is 12.1. The number of hydrogen-bond donors (Lipinski definition) is 2. The molecule has 2 aromatic rings. The number of aryl methyl sites for hydroxylation is 3. The first kappa shape index (κ1) is 27.2. The fourth-order valence-corrected chi connectivity index (χ4v) is 5.25. The fourth-order valence-electron chi connectivity index (χ4n) is 5.25. The Bertz CT molecular complexity index is 1180. The lowest BCUT2D eigenvalue weighted by Gasteiger charge is -2.29. The molecule has 12 heteroatoms. The quantitative estimate of drug-likeness (QED) is 0.600. The highest BCUT2D eigenvalue weighted by molar-refractivity contribution is 5.92. The zero-order valence-electron chi connectivity index (χ0n) is 22.4. The molecule has 0 unspecified atom stereocenters. The standard InChI is InChI=1S/C26H36N6O6/c1-31-26(38-4)29-24(30-31)25(35)32-18-8-9-19(32)15-28-21(33)10-7-16-12-17(6-5-11-27-22(34)14-18)23(37-3)20(13-16)36-2/h12-13,18-19H,5-11,14-15H2,1-4H3,(H,27,34)(H,28,33)/t18-,19+/m0/s1. The molecule has 4 rings (SSSR count). The van der Waals surface area contributed by atoms with Crippen molar-refractivity contribution in [2.24, 2.45) is 7.05 Å². The molecule has 4 bridgehead atoms. The van der Waals surface area contributed by atoms with Crippen LogP contribution in [0.2, 0.25) is 0 Å². The van der Waals surface area contributed by atoms with Crippen LogP contribution < -0.4 is 24.8 Å². The minimum atomic E-state index is -0.383. The maximum absolute atomic E-state index is 13.5. The lowest BCUT2D eigenvalue weighted by Crippen LogP contribution is -2.48. The molecule has 0 saturated carbocycles. The summed E-state index contributed by atoms with van der Waals surface area (Å²) in [5.41, 5.74) is 1.93. The van der Waals surface area contributed by atoms with Gasteiger partial charge in [0.25, 0.3) is 5.91 Å². The molecule has 1 aromatic carbocycles. The normalized spacial score (nSPS) is 20.8. The molecule has 2 aliphatic heterocycles. The van der Waals surface area contributed by atoms with E-state index in [0.717, 1.165) is 11.1 Å². The summed E-state index contributed by atoms with van der Waals surface area (Å²) in [5.74, 6) is 0.654. The van der Waals surface area contributed by atoms with Crippen LogP contribution in [0.1, 0.15) is 53.8 Å². The molecule has 206 valence electrons. The Morgan fingerprint density at radius 1 is 0.974 bits per heavy atom. The van der Waals surface area contributed by atoms with E-state index in [2.05, 4.69) is 20.7 Å². The smallest absolute Gasteiger partial charge is 0.314 e. The van der Waals surface area contributed by atoms with Gasteiger partial charge in [0.1, 0.15) is 0 Å². The van der Waals surface area contributed by atoms with Crippen LogP contribution in [0.15, 0.2) is 12.1 Å². The summed E-state index contributed by atoms with van der Waals surface area (Å²) in [6.07, 6.45) is 3.65. The molecular weight excluding hydrogens is 492 g/mol. The number of fused-ring (bicyclic) bond motifs is 4. The molecule has 2 aliphatic rings. The average Bonchev–Trinajstić information content (AvgIpc) is 3.49. The van der Waals surface area contributed by atoms with Crippen LogP contribution in [0.25, 0.3) is 0 Å². The van der Waals surface area contributed by atoms with Crippen molar-refractivity contribution >= 4 is 17.7 Å². The van der Waals surface area contributed by atoms with Crippen LogP contribution in [0.3, 0.4) is 0 Å². The third-order valence-corrected chi connectivity index (χ3v) is 7.11. The Hall–Kier alpha value is -3.83. The predicted molar refractivity (Wildman–Crippen MR) is 137 cm³/mol. The van der Waals surface area contributed by atoms with Gasteiger partial charge in [0, 0.05) is 45.1 Å². The third-order valence-electron chi connectivity index (χ3n) is 7.11. The van der Waals surface area contributed by atoms with Gasteiger partial charge in [-0.1, -0.05) is 6.07 Å². The number of rotatable bonds is 4. The van der Waals surface area contributed by atoms with E-state index in [4.69, 9.17) is 14.2 Å². The molecular formula is C26H36N6O6. The van der Waals surface area contributed by atoms with Gasteiger partial charge in [-0.2, -0.15) is 4.98 Å². The van der Waals surface area contributed by atoms with Crippen molar-refractivity contribution in [3.63, 3.8) is 0 Å². The third kappa shape index (κ3) is 6.00. The average molecular weight is 529 g/mol. The number of nitrogens with zero attached hydrogens (tertiary/aromatic N) is 4. The molecule has 0 spiro atoms. The summed E-state index contributed by atoms with van der Waals surface area (Å²) in [4.78, 5) is 45.0. The van der Waals surface area contributed by atoms with Gasteiger partial charge >= 0.3 is 6.01 Å². The molecule has 2 N–H and O–H groups in total. The lowest BCUT2D eigenvalue weighted by atomic mass is 10.0. The molecule has 38 heavy (non-hydrogen) atoms. The highest BCUT2D eigenvalue weighted by Gasteiger charge is 2.40. The Kier molecular flexibility index (Phi) is 8.70. The van der Waals surface area contributed by atoms with Crippen LogP contribution in [-0.4, -0.2) is 83.9 Å². The summed E-state index contributed by atoms with van der Waals surface area (Å²) in [6, 6.07) is 3.54. The minimum Gasteiger partial charge on any atom is -0.493 e. The molecule has 1 fully saturated rings. The highest BCUT2D eigenvalue weighted by Crippen LogP contribution is 2.34. The lowest BCUT2D eigenvalue weighted by molar-refractivity contribution is -0.123. The summed E-state index contributed by atoms with van der Waals surface area (Å²) < 4.78 is 17.7. The summed E-state index contributed by atoms with van der Waals surface area (Å²) in [5, 5.41) is 10.2. The van der Waals surface area contributed by atoms with Crippen LogP contribution in [0, 0.1) is 0 Å². The maximum Gasteiger partial charge on any atom is 0.314 e. The summed E-state index contributed by atoms with van der Waals surface area (Å²) >= 11 is 0. The van der Waals surface area contributed by atoms with Gasteiger partial charge < -0.3 is 29.7 Å². The largest absolute Gasteiger partial charge is 0.493 e. The summed E-state index contributed by atoms with van der Waals surface area (Å²) in [7, 11) is 6.29. The van der Waals surface area contributed by atoms with Gasteiger partial charge in [-0.15, -0.1) is 5.10 Å². The van der Waals surface area contributed by atoms with Crippen LogP contribution >= 0.6 is 0 Å².